The van der Waals surface area contributed by atoms with Crippen LogP contribution in [-0.4, -0.2) is 44.5 Å². The van der Waals surface area contributed by atoms with Gasteiger partial charge in [-0.3, -0.25) is 9.59 Å². The summed E-state index contributed by atoms with van der Waals surface area (Å²) in [5, 5.41) is 11.9. The lowest BCUT2D eigenvalue weighted by molar-refractivity contribution is -0.124. The van der Waals surface area contributed by atoms with E-state index in [9.17, 15) is 9.59 Å². The monoisotopic (exact) mass is 413 g/mol. The Bertz CT molecular complexity index is 1110. The normalized spacial score (nSPS) is 11.7. The van der Waals surface area contributed by atoms with E-state index in [4.69, 9.17) is 23.7 Å². The number of aliphatic hydroxyl groups is 1. The lowest BCUT2D eigenvalue weighted by Crippen LogP contribution is -2.38. The number of hydrogen-bond acceptors (Lipinski definition) is 7. The summed E-state index contributed by atoms with van der Waals surface area (Å²) in [6.45, 7) is 1.30. The van der Waals surface area contributed by atoms with Crippen molar-refractivity contribution in [3.63, 3.8) is 0 Å². The number of ether oxygens (including phenoxy) is 3. The number of carbonyl (C=O) groups excluding carboxylic acids is 1. The molecule has 0 radical (unpaired) electrons. The van der Waals surface area contributed by atoms with Gasteiger partial charge in [-0.2, -0.15) is 0 Å². The maximum Gasteiger partial charge on any atom is 0.258 e. The minimum Gasteiger partial charge on any atom is -0.493 e. The maximum atomic E-state index is 13.0. The number of methoxy groups -OCH3 is 2. The second-order valence-corrected chi connectivity index (χ2v) is 6.65. The molecule has 0 aliphatic heterocycles. The molecule has 3 rings (SSSR count). The Hall–Kier alpha value is -3.52. The quantitative estimate of drug-likeness (QED) is 0.584. The Labute approximate surface area is 173 Å². The highest BCUT2D eigenvalue weighted by Crippen LogP contribution is 2.32. The molecule has 0 unspecified atom stereocenters. The van der Waals surface area contributed by atoms with Crippen molar-refractivity contribution in [1.29, 1.82) is 0 Å². The molecule has 0 aliphatic rings. The highest BCUT2D eigenvalue weighted by Gasteiger charge is 2.13. The van der Waals surface area contributed by atoms with Crippen molar-refractivity contribution in [2.75, 3.05) is 27.4 Å². The molecule has 30 heavy (non-hydrogen) atoms. The van der Waals surface area contributed by atoms with Gasteiger partial charge in [-0.05, 0) is 36.8 Å². The average Bonchev–Trinajstić information content (AvgIpc) is 2.77. The van der Waals surface area contributed by atoms with Crippen LogP contribution >= 0.6 is 0 Å². The van der Waals surface area contributed by atoms with Gasteiger partial charge in [-0.15, -0.1) is 0 Å². The first-order chi connectivity index (χ1) is 14.5. The second-order valence-electron chi connectivity index (χ2n) is 6.65. The molecule has 1 heterocycles. The van der Waals surface area contributed by atoms with Crippen molar-refractivity contribution in [3.05, 3.63) is 52.9 Å². The first kappa shape index (κ1) is 21.2. The van der Waals surface area contributed by atoms with Gasteiger partial charge in [0, 0.05) is 12.1 Å². The lowest BCUT2D eigenvalue weighted by Gasteiger charge is -2.12. The van der Waals surface area contributed by atoms with Gasteiger partial charge in [0.2, 0.25) is 0 Å². The summed E-state index contributed by atoms with van der Waals surface area (Å²) in [6, 6.07) is 9.57. The van der Waals surface area contributed by atoms with Gasteiger partial charge in [-0.25, -0.2) is 0 Å². The molecule has 1 atom stereocenters. The molecule has 8 nitrogen and oxygen atoms in total. The van der Waals surface area contributed by atoms with Crippen LogP contribution in [0.25, 0.3) is 22.1 Å². The van der Waals surface area contributed by atoms with E-state index in [1.54, 1.807) is 50.4 Å². The fourth-order valence-corrected chi connectivity index (χ4v) is 2.91. The summed E-state index contributed by atoms with van der Waals surface area (Å²) in [5.74, 6) is 1.09. The highest BCUT2D eigenvalue weighted by molar-refractivity contribution is 5.83. The Balaban J connectivity index is 1.85. The fraction of sp³-hybridized carbons (Fsp3) is 0.273. The molecule has 0 fully saturated rings. The van der Waals surface area contributed by atoms with E-state index in [0.717, 1.165) is 0 Å². The molecule has 2 aromatic carbocycles. The molecule has 0 saturated carbocycles. The predicted octanol–water partition coefficient (Wildman–Crippen LogP) is 2.35. The number of amides is 1. The maximum absolute atomic E-state index is 13.0. The van der Waals surface area contributed by atoms with Crippen molar-refractivity contribution in [2.24, 2.45) is 0 Å². The summed E-state index contributed by atoms with van der Waals surface area (Å²) < 4.78 is 21.6. The van der Waals surface area contributed by atoms with E-state index in [-0.39, 0.29) is 30.6 Å². The van der Waals surface area contributed by atoms with E-state index in [1.807, 2.05) is 0 Å². The summed E-state index contributed by atoms with van der Waals surface area (Å²) in [4.78, 5) is 24.7. The van der Waals surface area contributed by atoms with Gasteiger partial charge in [-0.1, -0.05) is 6.07 Å². The first-order valence-corrected chi connectivity index (χ1v) is 9.27. The molecule has 158 valence electrons. The Morgan fingerprint density at radius 2 is 1.90 bits per heavy atom. The van der Waals surface area contributed by atoms with Gasteiger partial charge in [0.25, 0.3) is 5.91 Å². The van der Waals surface area contributed by atoms with Crippen molar-refractivity contribution in [1.82, 2.24) is 5.32 Å². The zero-order chi connectivity index (χ0) is 21.7. The predicted molar refractivity (Wildman–Crippen MR) is 111 cm³/mol. The number of fused-ring (bicyclic) bond motifs is 1. The van der Waals surface area contributed by atoms with Crippen molar-refractivity contribution in [3.8, 4) is 28.4 Å². The largest absolute Gasteiger partial charge is 0.493 e. The van der Waals surface area contributed by atoms with Crippen LogP contribution < -0.4 is 25.0 Å². The Morgan fingerprint density at radius 1 is 1.13 bits per heavy atom. The number of aliphatic hydroxyl groups excluding tert-OH is 1. The van der Waals surface area contributed by atoms with Gasteiger partial charge >= 0.3 is 0 Å². The number of rotatable bonds is 8. The van der Waals surface area contributed by atoms with Gasteiger partial charge in [0.1, 0.15) is 17.6 Å². The van der Waals surface area contributed by atoms with Crippen LogP contribution in [0.4, 0.5) is 0 Å². The van der Waals surface area contributed by atoms with Crippen molar-refractivity contribution >= 4 is 16.9 Å². The Kier molecular flexibility index (Phi) is 6.58. The molecule has 0 bridgehead atoms. The van der Waals surface area contributed by atoms with Crippen molar-refractivity contribution < 1.29 is 28.5 Å². The second kappa shape index (κ2) is 9.32. The van der Waals surface area contributed by atoms with Crippen molar-refractivity contribution in [2.45, 2.75) is 13.0 Å². The number of carbonyl (C=O) groups is 1. The summed E-state index contributed by atoms with van der Waals surface area (Å²) in [5.41, 5.74) is 1.16. The third kappa shape index (κ3) is 4.55. The van der Waals surface area contributed by atoms with E-state index < -0.39 is 0 Å². The third-order valence-electron chi connectivity index (χ3n) is 4.49. The van der Waals surface area contributed by atoms with E-state index in [0.29, 0.717) is 39.3 Å². The first-order valence-electron chi connectivity index (χ1n) is 9.27. The molecule has 2 N–H and O–H groups in total. The van der Waals surface area contributed by atoms with Crippen LogP contribution in [0.1, 0.15) is 6.92 Å². The van der Waals surface area contributed by atoms with Crippen LogP contribution in [0.15, 0.2) is 51.9 Å². The molecule has 8 heteroatoms. The molecule has 3 aromatic rings. The summed E-state index contributed by atoms with van der Waals surface area (Å²) in [7, 11) is 3.06. The minimum atomic E-state index is -0.359. The third-order valence-corrected chi connectivity index (χ3v) is 4.49. The van der Waals surface area contributed by atoms with Gasteiger partial charge in [0.15, 0.2) is 23.5 Å². The standard InChI is InChI=1S/C22H23NO7/c1-13(10-24)23-21(25)12-29-15-5-6-16-19(9-15)30-11-17(22(16)26)14-4-7-18(27-2)20(8-14)28-3/h4-9,11,13,24H,10,12H2,1-3H3,(H,23,25)/t13-/m0/s1. The molecule has 1 aromatic heterocycles. The highest BCUT2D eigenvalue weighted by atomic mass is 16.5. The zero-order valence-corrected chi connectivity index (χ0v) is 16.9. The molecular weight excluding hydrogens is 390 g/mol. The van der Waals surface area contributed by atoms with Crippen LogP contribution in [0.5, 0.6) is 17.2 Å². The Morgan fingerprint density at radius 3 is 2.60 bits per heavy atom. The van der Waals surface area contributed by atoms with Gasteiger partial charge < -0.3 is 29.1 Å². The van der Waals surface area contributed by atoms with Crippen LogP contribution in [0.2, 0.25) is 0 Å². The van der Waals surface area contributed by atoms with Crippen LogP contribution in [0, 0.1) is 0 Å². The average molecular weight is 413 g/mol. The molecule has 0 saturated heterocycles. The summed E-state index contributed by atoms with van der Waals surface area (Å²) in [6.07, 6.45) is 1.38. The molecule has 1 amide bonds. The van der Waals surface area contributed by atoms with E-state index in [2.05, 4.69) is 5.32 Å². The number of benzene rings is 2. The lowest BCUT2D eigenvalue weighted by atomic mass is 10.0. The molecule has 0 aliphatic carbocycles. The van der Waals surface area contributed by atoms with E-state index in [1.165, 1.54) is 13.4 Å². The minimum absolute atomic E-state index is 0.157. The van der Waals surface area contributed by atoms with E-state index >= 15 is 0 Å². The van der Waals surface area contributed by atoms with Gasteiger partial charge in [0.05, 0.1) is 31.8 Å². The smallest absolute Gasteiger partial charge is 0.258 e. The fourth-order valence-electron chi connectivity index (χ4n) is 2.91. The number of hydrogen-bond donors (Lipinski definition) is 2. The van der Waals surface area contributed by atoms with Crippen LogP contribution in [-0.2, 0) is 4.79 Å². The topological polar surface area (TPSA) is 107 Å². The SMILES string of the molecule is COc1ccc(-c2coc3cc(OCC(=O)N[C@@H](C)CO)ccc3c2=O)cc1OC. The molecule has 0 spiro atoms. The molecular formula is C22H23NO7. The number of nitrogens with one attached hydrogen (secondary N) is 1. The van der Waals surface area contributed by atoms with Crippen LogP contribution in [0.3, 0.4) is 0 Å². The summed E-state index contributed by atoms with van der Waals surface area (Å²) >= 11 is 0. The zero-order valence-electron chi connectivity index (χ0n) is 16.9.